The standard InChI is InChI=1S/C19H19N3O5/c23-18(15-12-14(15)13-4-2-1-3-5-13)20-8-10-21(11-9-20)19(24)16-6-7-17(27-16)22(25)26/h1-7,14-15H,8-12H2/t14-,15-/m1/s1. The van der Waals surface area contributed by atoms with Crippen molar-refractivity contribution in [1.29, 1.82) is 0 Å². The molecule has 2 aromatic rings. The van der Waals surface area contributed by atoms with Crippen LogP contribution in [0.4, 0.5) is 5.88 Å². The van der Waals surface area contributed by atoms with Crippen LogP contribution in [-0.4, -0.2) is 52.7 Å². The topological polar surface area (TPSA) is 96.9 Å². The van der Waals surface area contributed by atoms with Gasteiger partial charge in [-0.2, -0.15) is 0 Å². The molecule has 1 aromatic heterocycles. The average molecular weight is 369 g/mol. The molecule has 4 rings (SSSR count). The van der Waals surface area contributed by atoms with Crippen LogP contribution in [0.3, 0.4) is 0 Å². The zero-order valence-corrected chi connectivity index (χ0v) is 14.6. The highest BCUT2D eigenvalue weighted by atomic mass is 16.6. The number of nitrogens with zero attached hydrogens (tertiary/aromatic N) is 3. The van der Waals surface area contributed by atoms with Crippen LogP contribution in [-0.2, 0) is 4.79 Å². The van der Waals surface area contributed by atoms with Gasteiger partial charge in [0.05, 0.1) is 6.07 Å². The summed E-state index contributed by atoms with van der Waals surface area (Å²) < 4.78 is 4.97. The van der Waals surface area contributed by atoms with E-state index < -0.39 is 10.8 Å². The molecule has 140 valence electrons. The third-order valence-corrected chi connectivity index (χ3v) is 5.20. The first-order valence-electron chi connectivity index (χ1n) is 8.92. The highest BCUT2D eigenvalue weighted by Crippen LogP contribution is 2.48. The highest BCUT2D eigenvalue weighted by molar-refractivity contribution is 5.92. The van der Waals surface area contributed by atoms with Crippen LogP contribution in [0.5, 0.6) is 0 Å². The fourth-order valence-corrected chi connectivity index (χ4v) is 3.60. The van der Waals surface area contributed by atoms with Gasteiger partial charge in [0.2, 0.25) is 5.91 Å². The molecule has 2 atom stereocenters. The Morgan fingerprint density at radius 2 is 1.67 bits per heavy atom. The maximum atomic E-state index is 12.7. The van der Waals surface area contributed by atoms with Crippen LogP contribution in [0.1, 0.15) is 28.5 Å². The quantitative estimate of drug-likeness (QED) is 0.608. The summed E-state index contributed by atoms with van der Waals surface area (Å²) in [6, 6.07) is 12.5. The maximum Gasteiger partial charge on any atom is 0.433 e. The Labute approximate surface area is 155 Å². The number of amides is 2. The SMILES string of the molecule is O=C(c1ccc([N+](=O)[O-])o1)N1CCN(C(=O)[C@@H]2C[C@@H]2c2ccccc2)CC1. The Balaban J connectivity index is 1.32. The maximum absolute atomic E-state index is 12.7. The van der Waals surface area contributed by atoms with E-state index in [0.29, 0.717) is 32.1 Å². The summed E-state index contributed by atoms with van der Waals surface area (Å²) in [5.74, 6) is -0.418. The number of rotatable bonds is 4. The minimum absolute atomic E-state index is 0.0300. The highest BCUT2D eigenvalue weighted by Gasteiger charge is 2.46. The second-order valence-electron chi connectivity index (χ2n) is 6.87. The molecular formula is C19H19N3O5. The summed E-state index contributed by atoms with van der Waals surface area (Å²) in [7, 11) is 0. The van der Waals surface area contributed by atoms with E-state index >= 15 is 0 Å². The fourth-order valence-electron chi connectivity index (χ4n) is 3.60. The molecule has 0 unspecified atom stereocenters. The number of carbonyl (C=O) groups is 2. The Bertz CT molecular complexity index is 870. The smallest absolute Gasteiger partial charge is 0.395 e. The predicted molar refractivity (Wildman–Crippen MR) is 95.1 cm³/mol. The molecule has 1 saturated heterocycles. The van der Waals surface area contributed by atoms with E-state index in [0.717, 1.165) is 6.42 Å². The molecule has 27 heavy (non-hydrogen) atoms. The molecule has 0 radical (unpaired) electrons. The fraction of sp³-hybridized carbons (Fsp3) is 0.368. The van der Waals surface area contributed by atoms with E-state index in [9.17, 15) is 19.7 Å². The Morgan fingerprint density at radius 3 is 2.30 bits per heavy atom. The predicted octanol–water partition coefficient (Wildman–Crippen LogP) is 2.28. The van der Waals surface area contributed by atoms with Gasteiger partial charge < -0.3 is 14.2 Å². The van der Waals surface area contributed by atoms with Crippen molar-refractivity contribution < 1.29 is 18.9 Å². The largest absolute Gasteiger partial charge is 0.433 e. The van der Waals surface area contributed by atoms with Gasteiger partial charge in [-0.15, -0.1) is 0 Å². The van der Waals surface area contributed by atoms with Gasteiger partial charge in [0.15, 0.2) is 5.76 Å². The molecule has 1 saturated carbocycles. The number of carbonyl (C=O) groups excluding carboxylic acids is 2. The monoisotopic (exact) mass is 369 g/mol. The summed E-state index contributed by atoms with van der Waals surface area (Å²) in [6.45, 7) is 1.71. The number of benzene rings is 1. The molecule has 2 heterocycles. The third kappa shape index (κ3) is 3.42. The van der Waals surface area contributed by atoms with Crippen molar-refractivity contribution in [3.63, 3.8) is 0 Å². The van der Waals surface area contributed by atoms with Crippen LogP contribution in [0, 0.1) is 16.0 Å². The van der Waals surface area contributed by atoms with Gasteiger partial charge in [-0.1, -0.05) is 30.3 Å². The number of piperazine rings is 1. The third-order valence-electron chi connectivity index (χ3n) is 5.20. The summed E-state index contributed by atoms with van der Waals surface area (Å²) in [4.78, 5) is 38.5. The summed E-state index contributed by atoms with van der Waals surface area (Å²) in [5.41, 5.74) is 1.20. The lowest BCUT2D eigenvalue weighted by Crippen LogP contribution is -2.51. The van der Waals surface area contributed by atoms with Gasteiger partial charge >= 0.3 is 5.88 Å². The first-order chi connectivity index (χ1) is 13.0. The average Bonchev–Trinajstić information content (AvgIpc) is 3.34. The van der Waals surface area contributed by atoms with Crippen LogP contribution in [0.2, 0.25) is 0 Å². The summed E-state index contributed by atoms with van der Waals surface area (Å²) in [6.07, 6.45) is 0.873. The van der Waals surface area contributed by atoms with Crippen molar-refractivity contribution in [1.82, 2.24) is 9.80 Å². The van der Waals surface area contributed by atoms with Gasteiger partial charge in [0.1, 0.15) is 4.92 Å². The first kappa shape index (κ1) is 17.3. The van der Waals surface area contributed by atoms with E-state index in [-0.39, 0.29) is 23.5 Å². The normalized spacial score (nSPS) is 21.8. The van der Waals surface area contributed by atoms with E-state index in [1.807, 2.05) is 23.1 Å². The Morgan fingerprint density at radius 1 is 1.00 bits per heavy atom. The molecule has 0 bridgehead atoms. The number of furan rings is 1. The number of hydrogen-bond acceptors (Lipinski definition) is 5. The van der Waals surface area contributed by atoms with Crippen molar-refractivity contribution in [2.45, 2.75) is 12.3 Å². The zero-order chi connectivity index (χ0) is 19.0. The Hall–Kier alpha value is -3.16. The number of nitro groups is 1. The van der Waals surface area contributed by atoms with Crippen molar-refractivity contribution in [2.75, 3.05) is 26.2 Å². The summed E-state index contributed by atoms with van der Waals surface area (Å²) in [5, 5.41) is 10.7. The first-order valence-corrected chi connectivity index (χ1v) is 8.92. The van der Waals surface area contributed by atoms with Crippen molar-refractivity contribution in [2.24, 2.45) is 5.92 Å². The molecule has 1 aliphatic carbocycles. The second-order valence-corrected chi connectivity index (χ2v) is 6.87. The van der Waals surface area contributed by atoms with Crippen LogP contribution in [0.15, 0.2) is 46.9 Å². The minimum atomic E-state index is -0.674. The molecule has 8 heteroatoms. The molecule has 2 fully saturated rings. The van der Waals surface area contributed by atoms with Crippen molar-refractivity contribution >= 4 is 17.7 Å². The lowest BCUT2D eigenvalue weighted by atomic mass is 10.1. The number of hydrogen-bond donors (Lipinski definition) is 0. The van der Waals surface area contributed by atoms with E-state index in [4.69, 9.17) is 4.42 Å². The van der Waals surface area contributed by atoms with Crippen LogP contribution in [0.25, 0.3) is 0 Å². The molecule has 0 spiro atoms. The Kier molecular flexibility index (Phi) is 4.39. The lowest BCUT2D eigenvalue weighted by Gasteiger charge is -2.34. The van der Waals surface area contributed by atoms with Gasteiger partial charge in [-0.05, 0) is 24.0 Å². The van der Waals surface area contributed by atoms with Crippen LogP contribution >= 0.6 is 0 Å². The molecule has 8 nitrogen and oxygen atoms in total. The summed E-state index contributed by atoms with van der Waals surface area (Å²) >= 11 is 0. The molecule has 2 amide bonds. The van der Waals surface area contributed by atoms with Gasteiger partial charge in [-0.3, -0.25) is 19.7 Å². The van der Waals surface area contributed by atoms with Crippen molar-refractivity contribution in [3.05, 3.63) is 63.9 Å². The molecule has 2 aliphatic rings. The van der Waals surface area contributed by atoms with Crippen LogP contribution < -0.4 is 0 Å². The minimum Gasteiger partial charge on any atom is -0.395 e. The molecule has 0 N–H and O–H groups in total. The molecule has 1 aliphatic heterocycles. The molecular weight excluding hydrogens is 350 g/mol. The zero-order valence-electron chi connectivity index (χ0n) is 14.6. The van der Waals surface area contributed by atoms with Gasteiger partial charge in [0.25, 0.3) is 5.91 Å². The van der Waals surface area contributed by atoms with E-state index in [1.54, 1.807) is 4.90 Å². The lowest BCUT2D eigenvalue weighted by molar-refractivity contribution is -0.402. The van der Waals surface area contributed by atoms with Crippen molar-refractivity contribution in [3.8, 4) is 0 Å². The van der Waals surface area contributed by atoms with Gasteiger partial charge in [-0.25, -0.2) is 0 Å². The van der Waals surface area contributed by atoms with E-state index in [2.05, 4.69) is 12.1 Å². The van der Waals surface area contributed by atoms with Gasteiger partial charge in [0, 0.05) is 32.1 Å². The second kappa shape index (κ2) is 6.86. The molecule has 1 aromatic carbocycles. The van der Waals surface area contributed by atoms with E-state index in [1.165, 1.54) is 17.7 Å².